The second kappa shape index (κ2) is 44.5. The number of carbonyl (C=O) groups is 3. The fraction of sp³-hybridized carbons (Fsp3) is 0.891. The quantitative estimate of drug-likeness (QED) is 0.0290. The molecule has 0 bridgehead atoms. The number of ether oxygens (including phenoxy) is 3. The Labute approximate surface area is 328 Å². The van der Waals surface area contributed by atoms with Gasteiger partial charge in [0.1, 0.15) is 6.61 Å². The minimum atomic E-state index is -0.184. The molecular formula is C46H88O7. The molecule has 7 nitrogen and oxygen atoms in total. The van der Waals surface area contributed by atoms with Crippen molar-refractivity contribution in [1.82, 2.24) is 0 Å². The van der Waals surface area contributed by atoms with Crippen LogP contribution in [0.2, 0.25) is 0 Å². The zero-order valence-corrected chi connectivity index (χ0v) is 35.7. The van der Waals surface area contributed by atoms with Gasteiger partial charge in [-0.2, -0.15) is 0 Å². The van der Waals surface area contributed by atoms with Crippen molar-refractivity contribution in [2.45, 2.75) is 227 Å². The van der Waals surface area contributed by atoms with Crippen LogP contribution in [0.25, 0.3) is 0 Å². The van der Waals surface area contributed by atoms with E-state index in [0.29, 0.717) is 44.3 Å². The number of rotatable bonds is 38. The Morgan fingerprint density at radius 1 is 0.453 bits per heavy atom. The third-order valence-electron chi connectivity index (χ3n) is 10.1. The fourth-order valence-electron chi connectivity index (χ4n) is 6.18. The van der Waals surface area contributed by atoms with Crippen molar-refractivity contribution in [3.63, 3.8) is 0 Å². The molecule has 0 radical (unpaired) electrons. The summed E-state index contributed by atoms with van der Waals surface area (Å²) in [6.45, 7) is 12.2. The Hall–Kier alpha value is -1.89. The predicted octanol–water partition coefficient (Wildman–Crippen LogP) is 13.2. The lowest BCUT2D eigenvalue weighted by molar-refractivity contribution is -0.146. The summed E-state index contributed by atoms with van der Waals surface area (Å²) < 4.78 is 15.7. The minimum absolute atomic E-state index is 0.0444. The molecule has 53 heavy (non-hydrogen) atoms. The summed E-state index contributed by atoms with van der Waals surface area (Å²) in [4.78, 5) is 34.9. The van der Waals surface area contributed by atoms with Crippen LogP contribution in [-0.2, 0) is 28.6 Å². The molecule has 0 fully saturated rings. The van der Waals surface area contributed by atoms with Gasteiger partial charge in [-0.1, -0.05) is 162 Å². The van der Waals surface area contributed by atoms with Crippen molar-refractivity contribution in [1.29, 1.82) is 0 Å². The van der Waals surface area contributed by atoms with Gasteiger partial charge in [0, 0.05) is 19.3 Å². The monoisotopic (exact) mass is 753 g/mol. The summed E-state index contributed by atoms with van der Waals surface area (Å²) in [6, 6.07) is 0. The zero-order chi connectivity index (χ0) is 39.5. The van der Waals surface area contributed by atoms with E-state index < -0.39 is 0 Å². The van der Waals surface area contributed by atoms with Crippen molar-refractivity contribution in [2.24, 2.45) is 11.8 Å². The molecule has 0 heterocycles. The van der Waals surface area contributed by atoms with E-state index >= 15 is 0 Å². The maximum atomic E-state index is 11.9. The molecule has 2 unspecified atom stereocenters. The lowest BCUT2D eigenvalue weighted by Gasteiger charge is -2.14. The van der Waals surface area contributed by atoms with E-state index in [0.717, 1.165) is 77.0 Å². The van der Waals surface area contributed by atoms with Crippen molar-refractivity contribution < 1.29 is 33.7 Å². The lowest BCUT2D eigenvalue weighted by atomic mass is 10.0. The van der Waals surface area contributed by atoms with E-state index in [1.54, 1.807) is 0 Å². The summed E-state index contributed by atoms with van der Waals surface area (Å²) in [5, 5.41) is 8.54. The third-order valence-corrected chi connectivity index (χ3v) is 10.1. The first kappa shape index (κ1) is 53.2. The van der Waals surface area contributed by atoms with E-state index in [1.807, 2.05) is 0 Å². The molecule has 0 aliphatic heterocycles. The average Bonchev–Trinajstić information content (AvgIpc) is 3.16. The molecule has 0 aromatic rings. The van der Waals surface area contributed by atoms with Gasteiger partial charge in [0.05, 0.1) is 19.8 Å². The van der Waals surface area contributed by atoms with E-state index in [9.17, 15) is 14.4 Å². The molecule has 0 aromatic carbocycles. The van der Waals surface area contributed by atoms with Gasteiger partial charge in [-0.3, -0.25) is 14.4 Å². The van der Waals surface area contributed by atoms with Gasteiger partial charge in [0.2, 0.25) is 0 Å². The van der Waals surface area contributed by atoms with Gasteiger partial charge >= 0.3 is 17.9 Å². The van der Waals surface area contributed by atoms with Crippen LogP contribution in [0.5, 0.6) is 0 Å². The fourth-order valence-corrected chi connectivity index (χ4v) is 6.18. The van der Waals surface area contributed by atoms with E-state index in [2.05, 4.69) is 46.8 Å². The molecule has 7 heteroatoms. The molecule has 0 aromatic heterocycles. The molecule has 0 spiro atoms. The maximum absolute atomic E-state index is 11.9. The summed E-state index contributed by atoms with van der Waals surface area (Å²) in [5.74, 6) is 0.764. The van der Waals surface area contributed by atoms with Crippen LogP contribution in [0.1, 0.15) is 227 Å². The molecular weight excluding hydrogens is 664 g/mol. The number of esters is 3. The Balaban J connectivity index is 0. The first-order chi connectivity index (χ1) is 25.9. The number of carbonyl (C=O) groups excluding carboxylic acids is 3. The molecule has 0 aliphatic rings. The topological polar surface area (TPSA) is 99.1 Å². The van der Waals surface area contributed by atoms with Crippen LogP contribution in [-0.4, -0.2) is 49.4 Å². The third kappa shape index (κ3) is 42.7. The number of hydrogen-bond donors (Lipinski definition) is 1. The highest BCUT2D eigenvalue weighted by Crippen LogP contribution is 2.16. The van der Waals surface area contributed by atoms with Crippen LogP contribution in [0.15, 0.2) is 12.2 Å². The van der Waals surface area contributed by atoms with Crippen LogP contribution in [0.3, 0.4) is 0 Å². The van der Waals surface area contributed by atoms with E-state index in [1.165, 1.54) is 96.3 Å². The zero-order valence-electron chi connectivity index (χ0n) is 35.7. The number of allylic oxidation sites excluding steroid dienone is 2. The Morgan fingerprint density at radius 3 is 1.15 bits per heavy atom. The largest absolute Gasteiger partial charge is 0.465 e. The minimum Gasteiger partial charge on any atom is -0.465 e. The molecule has 1 N–H and O–H groups in total. The molecule has 0 saturated carbocycles. The van der Waals surface area contributed by atoms with Gasteiger partial charge in [-0.25, -0.2) is 0 Å². The van der Waals surface area contributed by atoms with Crippen molar-refractivity contribution in [2.75, 3.05) is 26.4 Å². The predicted molar refractivity (Wildman–Crippen MR) is 223 cm³/mol. The first-order valence-electron chi connectivity index (χ1n) is 22.6. The Kier molecular flexibility index (Phi) is 44.7. The highest BCUT2D eigenvalue weighted by molar-refractivity contribution is 5.69. The van der Waals surface area contributed by atoms with Gasteiger partial charge in [-0.05, 0) is 69.6 Å². The molecule has 0 aliphatic carbocycles. The van der Waals surface area contributed by atoms with Crippen LogP contribution >= 0.6 is 0 Å². The molecule has 314 valence electrons. The Bertz CT molecular complexity index is 774. The summed E-state index contributed by atoms with van der Waals surface area (Å²) in [5.41, 5.74) is 0. The first-order valence-corrected chi connectivity index (χ1v) is 22.6. The van der Waals surface area contributed by atoms with Crippen molar-refractivity contribution >= 4 is 17.9 Å². The van der Waals surface area contributed by atoms with E-state index in [-0.39, 0.29) is 31.1 Å². The van der Waals surface area contributed by atoms with Gasteiger partial charge in [-0.15, -0.1) is 0 Å². The van der Waals surface area contributed by atoms with Crippen LogP contribution in [0, 0.1) is 11.8 Å². The molecule has 0 rings (SSSR count). The smallest absolute Gasteiger partial charge is 0.305 e. The lowest BCUT2D eigenvalue weighted by Crippen LogP contribution is -2.13. The number of aliphatic hydroxyl groups excluding tert-OH is 1. The standard InChI is InChI=1S/C26H50O4.C20H38O3/c1-5-9-17-23(7-3)21-29-25(27)19-15-13-11-12-14-16-20-26(28)30-22-24(8-4)18-10-6-2;1-2-3-4-5-6-7-8-9-10-11-12-13-14-15-16-17-20(22)23-19-18-21/h23-24H,5-22H2,1-4H3;9-10,21H,2-8,11-19H2,1H3/b;10-9-. The second-order valence-electron chi connectivity index (χ2n) is 15.1. The summed E-state index contributed by atoms with van der Waals surface area (Å²) in [6.07, 6.45) is 38.0. The number of aliphatic hydroxyl groups is 1. The maximum Gasteiger partial charge on any atom is 0.305 e. The van der Waals surface area contributed by atoms with Gasteiger partial charge < -0.3 is 19.3 Å². The Morgan fingerprint density at radius 2 is 0.792 bits per heavy atom. The SMILES string of the molecule is CCCCC(CC)COC(=O)CCCCCCCCC(=O)OCC(CC)CCCC.CCCCCCCC/C=C\CCCCCCCC(=O)OCCO. The van der Waals surface area contributed by atoms with Gasteiger partial charge in [0.25, 0.3) is 0 Å². The summed E-state index contributed by atoms with van der Waals surface area (Å²) in [7, 11) is 0. The van der Waals surface area contributed by atoms with E-state index in [4.69, 9.17) is 19.3 Å². The van der Waals surface area contributed by atoms with Crippen molar-refractivity contribution in [3.05, 3.63) is 12.2 Å². The number of hydrogen-bond acceptors (Lipinski definition) is 7. The van der Waals surface area contributed by atoms with Crippen LogP contribution in [0.4, 0.5) is 0 Å². The van der Waals surface area contributed by atoms with Crippen LogP contribution < -0.4 is 0 Å². The average molecular weight is 753 g/mol. The highest BCUT2D eigenvalue weighted by Gasteiger charge is 2.11. The second-order valence-corrected chi connectivity index (χ2v) is 15.1. The highest BCUT2D eigenvalue weighted by atomic mass is 16.5. The molecule has 0 amide bonds. The molecule has 2 atom stereocenters. The van der Waals surface area contributed by atoms with Gasteiger partial charge in [0.15, 0.2) is 0 Å². The number of unbranched alkanes of at least 4 members (excludes halogenated alkanes) is 18. The van der Waals surface area contributed by atoms with Crippen molar-refractivity contribution in [3.8, 4) is 0 Å². The molecule has 0 saturated heterocycles. The summed E-state index contributed by atoms with van der Waals surface area (Å²) >= 11 is 0. The normalized spacial score (nSPS) is 12.3.